The van der Waals surface area contributed by atoms with E-state index in [9.17, 15) is 9.90 Å². The van der Waals surface area contributed by atoms with Crippen molar-refractivity contribution in [3.05, 3.63) is 29.3 Å². The van der Waals surface area contributed by atoms with Gasteiger partial charge in [-0.2, -0.15) is 0 Å². The second-order valence-corrected chi connectivity index (χ2v) is 2.75. The Morgan fingerprint density at radius 1 is 1.50 bits per heavy atom. The number of Topliss-reactive ketones (excluding diaryl/α,β-unsaturated/α-hetero) is 1. The molecule has 0 unspecified atom stereocenters. The van der Waals surface area contributed by atoms with Crippen LogP contribution in [0.3, 0.4) is 0 Å². The van der Waals surface area contributed by atoms with E-state index in [0.717, 1.165) is 5.56 Å². The first-order valence-electron chi connectivity index (χ1n) is 3.98. The largest absolute Gasteiger partial charge is 0.507 e. The van der Waals surface area contributed by atoms with Crippen LogP contribution in [0, 0.1) is 6.92 Å². The lowest BCUT2D eigenvalue weighted by atomic mass is 10.0. The van der Waals surface area contributed by atoms with Crippen LogP contribution in [0.25, 0.3) is 0 Å². The molecule has 1 rings (SSSR count). The molecule has 0 radical (unpaired) electrons. The molecule has 0 atom stereocenters. The molecule has 0 amide bonds. The second-order valence-electron chi connectivity index (χ2n) is 2.75. The van der Waals surface area contributed by atoms with E-state index < -0.39 is 0 Å². The van der Waals surface area contributed by atoms with Crippen molar-refractivity contribution in [2.75, 3.05) is 0 Å². The molecule has 64 valence electrons. The minimum atomic E-state index is -0.0174. The van der Waals surface area contributed by atoms with Crippen molar-refractivity contribution >= 4 is 5.78 Å². The summed E-state index contributed by atoms with van der Waals surface area (Å²) in [5, 5.41) is 9.48. The number of aromatic hydroxyl groups is 1. The fourth-order valence-corrected chi connectivity index (χ4v) is 1.07. The summed E-state index contributed by atoms with van der Waals surface area (Å²) >= 11 is 0. The SMILES string of the molecule is CCC(=O)c1cccc(C)c1O. The molecule has 1 aromatic carbocycles. The Hall–Kier alpha value is -1.31. The Bertz CT molecular complexity index is 303. The molecule has 0 saturated heterocycles. The van der Waals surface area contributed by atoms with Gasteiger partial charge in [-0.1, -0.05) is 19.1 Å². The van der Waals surface area contributed by atoms with Gasteiger partial charge in [0.1, 0.15) is 5.75 Å². The first kappa shape index (κ1) is 8.78. The highest BCUT2D eigenvalue weighted by atomic mass is 16.3. The highest BCUT2D eigenvalue weighted by Crippen LogP contribution is 2.22. The summed E-state index contributed by atoms with van der Waals surface area (Å²) in [6.45, 7) is 3.56. The van der Waals surface area contributed by atoms with Gasteiger partial charge in [0, 0.05) is 6.42 Å². The molecule has 2 heteroatoms. The molecular formula is C10H12O2. The molecule has 0 aromatic heterocycles. The number of ketones is 1. The lowest BCUT2D eigenvalue weighted by Crippen LogP contribution is -1.97. The van der Waals surface area contributed by atoms with E-state index in [0.29, 0.717) is 12.0 Å². The Morgan fingerprint density at radius 2 is 2.17 bits per heavy atom. The third-order valence-electron chi connectivity index (χ3n) is 1.86. The number of hydrogen-bond donors (Lipinski definition) is 1. The van der Waals surface area contributed by atoms with Gasteiger partial charge in [-0.05, 0) is 18.6 Å². The maximum Gasteiger partial charge on any atom is 0.166 e. The van der Waals surface area contributed by atoms with Crippen LogP contribution in [0.4, 0.5) is 0 Å². The predicted octanol–water partition coefficient (Wildman–Crippen LogP) is 2.29. The van der Waals surface area contributed by atoms with Crippen LogP contribution in [-0.2, 0) is 0 Å². The number of phenols is 1. The van der Waals surface area contributed by atoms with E-state index in [4.69, 9.17) is 0 Å². The lowest BCUT2D eigenvalue weighted by molar-refractivity contribution is 0.0985. The molecule has 0 spiro atoms. The molecule has 1 N–H and O–H groups in total. The Labute approximate surface area is 71.8 Å². The highest BCUT2D eigenvalue weighted by molar-refractivity contribution is 5.98. The summed E-state index contributed by atoms with van der Waals surface area (Å²) in [4.78, 5) is 11.2. The summed E-state index contributed by atoms with van der Waals surface area (Å²) in [5.41, 5.74) is 1.17. The predicted molar refractivity (Wildman–Crippen MR) is 47.5 cm³/mol. The maximum absolute atomic E-state index is 11.2. The summed E-state index contributed by atoms with van der Waals surface area (Å²) in [7, 11) is 0. The van der Waals surface area contributed by atoms with Crippen molar-refractivity contribution in [1.29, 1.82) is 0 Å². The van der Waals surface area contributed by atoms with Gasteiger partial charge in [0.05, 0.1) is 5.56 Å². The van der Waals surface area contributed by atoms with E-state index in [1.807, 2.05) is 0 Å². The number of carbonyl (C=O) groups is 1. The van der Waals surface area contributed by atoms with Gasteiger partial charge in [0.25, 0.3) is 0 Å². The second kappa shape index (κ2) is 3.39. The molecular weight excluding hydrogens is 152 g/mol. The van der Waals surface area contributed by atoms with E-state index in [1.54, 1.807) is 32.0 Å². The number of aryl methyl sites for hydroxylation is 1. The minimum absolute atomic E-state index is 0.0174. The van der Waals surface area contributed by atoms with Crippen molar-refractivity contribution in [2.45, 2.75) is 20.3 Å². The fraction of sp³-hybridized carbons (Fsp3) is 0.300. The van der Waals surface area contributed by atoms with Gasteiger partial charge in [0.2, 0.25) is 0 Å². The highest BCUT2D eigenvalue weighted by Gasteiger charge is 2.09. The zero-order valence-electron chi connectivity index (χ0n) is 7.29. The summed E-state index contributed by atoms with van der Waals surface area (Å²) in [6.07, 6.45) is 0.428. The van der Waals surface area contributed by atoms with Gasteiger partial charge >= 0.3 is 0 Å². The van der Waals surface area contributed by atoms with Crippen LogP contribution in [0.2, 0.25) is 0 Å². The summed E-state index contributed by atoms with van der Waals surface area (Å²) in [5.74, 6) is 0.0977. The molecule has 0 saturated carbocycles. The van der Waals surface area contributed by atoms with Crippen LogP contribution in [-0.4, -0.2) is 10.9 Å². The zero-order valence-corrected chi connectivity index (χ0v) is 7.29. The quantitative estimate of drug-likeness (QED) is 0.681. The zero-order chi connectivity index (χ0) is 9.14. The van der Waals surface area contributed by atoms with Crippen molar-refractivity contribution < 1.29 is 9.90 Å². The fourth-order valence-electron chi connectivity index (χ4n) is 1.07. The van der Waals surface area contributed by atoms with Gasteiger partial charge in [0.15, 0.2) is 5.78 Å². The monoisotopic (exact) mass is 164 g/mol. The molecule has 2 nitrogen and oxygen atoms in total. The number of rotatable bonds is 2. The third kappa shape index (κ3) is 1.47. The van der Waals surface area contributed by atoms with Crippen molar-refractivity contribution in [1.82, 2.24) is 0 Å². The number of benzene rings is 1. The number of hydrogen-bond acceptors (Lipinski definition) is 2. The molecule has 0 bridgehead atoms. The first-order valence-corrected chi connectivity index (χ1v) is 3.98. The van der Waals surface area contributed by atoms with E-state index in [-0.39, 0.29) is 11.5 Å². The van der Waals surface area contributed by atoms with Gasteiger partial charge < -0.3 is 5.11 Å². The van der Waals surface area contributed by atoms with Crippen LogP contribution < -0.4 is 0 Å². The van der Waals surface area contributed by atoms with Crippen molar-refractivity contribution in [3.8, 4) is 5.75 Å². The van der Waals surface area contributed by atoms with Crippen LogP contribution >= 0.6 is 0 Å². The third-order valence-corrected chi connectivity index (χ3v) is 1.86. The lowest BCUT2D eigenvalue weighted by Gasteiger charge is -2.03. The molecule has 0 aliphatic carbocycles. The van der Waals surface area contributed by atoms with E-state index >= 15 is 0 Å². The van der Waals surface area contributed by atoms with Gasteiger partial charge in [-0.25, -0.2) is 0 Å². The Morgan fingerprint density at radius 3 is 2.75 bits per heavy atom. The molecule has 0 fully saturated rings. The smallest absolute Gasteiger partial charge is 0.166 e. The molecule has 1 aromatic rings. The topological polar surface area (TPSA) is 37.3 Å². The Balaban J connectivity index is 3.16. The van der Waals surface area contributed by atoms with E-state index in [1.165, 1.54) is 0 Å². The molecule has 12 heavy (non-hydrogen) atoms. The molecule has 0 heterocycles. The number of phenolic OH excluding ortho intramolecular Hbond substituents is 1. The Kier molecular flexibility index (Phi) is 2.48. The van der Waals surface area contributed by atoms with Crippen LogP contribution in [0.1, 0.15) is 29.3 Å². The van der Waals surface area contributed by atoms with Gasteiger partial charge in [-0.3, -0.25) is 4.79 Å². The average Bonchev–Trinajstić information content (AvgIpc) is 2.08. The average molecular weight is 164 g/mol. The summed E-state index contributed by atoms with van der Waals surface area (Å²) in [6, 6.07) is 5.20. The number of carbonyl (C=O) groups excluding carboxylic acids is 1. The van der Waals surface area contributed by atoms with Crippen LogP contribution in [0.5, 0.6) is 5.75 Å². The normalized spacial score (nSPS) is 9.83. The van der Waals surface area contributed by atoms with Crippen molar-refractivity contribution in [2.24, 2.45) is 0 Å². The first-order chi connectivity index (χ1) is 5.66. The molecule has 0 aliphatic rings. The summed E-state index contributed by atoms with van der Waals surface area (Å²) < 4.78 is 0. The van der Waals surface area contributed by atoms with Gasteiger partial charge in [-0.15, -0.1) is 0 Å². The number of para-hydroxylation sites is 1. The van der Waals surface area contributed by atoms with E-state index in [2.05, 4.69) is 0 Å². The maximum atomic E-state index is 11.2. The standard InChI is InChI=1S/C10H12O2/c1-3-9(11)8-6-4-5-7(2)10(8)12/h4-6,12H,3H2,1-2H3. The molecule has 0 aliphatic heterocycles. The van der Waals surface area contributed by atoms with Crippen LogP contribution in [0.15, 0.2) is 18.2 Å². The minimum Gasteiger partial charge on any atom is -0.507 e. The van der Waals surface area contributed by atoms with Crippen molar-refractivity contribution in [3.63, 3.8) is 0 Å².